The van der Waals surface area contributed by atoms with Gasteiger partial charge in [0.05, 0.1) is 18.3 Å². The molecular weight excluding hydrogens is 208 g/mol. The van der Waals surface area contributed by atoms with Crippen LogP contribution in [0.5, 0.6) is 11.5 Å². The van der Waals surface area contributed by atoms with Crippen molar-refractivity contribution in [3.63, 3.8) is 0 Å². The Morgan fingerprint density at radius 3 is 2.62 bits per heavy atom. The molecule has 0 aliphatic rings. The molecule has 0 aromatic heterocycles. The Morgan fingerprint density at radius 2 is 2.12 bits per heavy atom. The van der Waals surface area contributed by atoms with Crippen LogP contribution in [0.2, 0.25) is 0 Å². The highest BCUT2D eigenvalue weighted by Gasteiger charge is 2.14. The number of rotatable bonds is 5. The molecule has 1 rings (SSSR count). The molecule has 0 aliphatic heterocycles. The van der Waals surface area contributed by atoms with E-state index in [-0.39, 0.29) is 6.61 Å². The number of ether oxygens (including phenoxy) is 2. The Labute approximate surface area is 94.8 Å². The third-order valence-electron chi connectivity index (χ3n) is 1.92. The van der Waals surface area contributed by atoms with Gasteiger partial charge in [0.2, 0.25) is 0 Å². The molecule has 0 atom stereocenters. The van der Waals surface area contributed by atoms with Crippen molar-refractivity contribution in [3.8, 4) is 11.5 Å². The molecule has 0 saturated heterocycles. The average molecular weight is 224 g/mol. The summed E-state index contributed by atoms with van der Waals surface area (Å²) in [7, 11) is 1.53. The van der Waals surface area contributed by atoms with Gasteiger partial charge in [-0.15, -0.1) is 0 Å². The van der Waals surface area contributed by atoms with E-state index in [2.05, 4.69) is 0 Å². The van der Waals surface area contributed by atoms with E-state index in [4.69, 9.17) is 9.47 Å². The SMILES string of the molecule is COc1ccc(OCC(C)(C)O)c(C=O)c1. The van der Waals surface area contributed by atoms with Gasteiger partial charge >= 0.3 is 0 Å². The van der Waals surface area contributed by atoms with Crippen molar-refractivity contribution in [1.82, 2.24) is 0 Å². The van der Waals surface area contributed by atoms with E-state index in [9.17, 15) is 9.90 Å². The summed E-state index contributed by atoms with van der Waals surface area (Å²) in [5, 5.41) is 9.51. The molecule has 0 bridgehead atoms. The maximum absolute atomic E-state index is 10.8. The van der Waals surface area contributed by atoms with Gasteiger partial charge in [-0.05, 0) is 32.0 Å². The van der Waals surface area contributed by atoms with E-state index in [1.165, 1.54) is 7.11 Å². The number of methoxy groups -OCH3 is 1. The van der Waals surface area contributed by atoms with Crippen molar-refractivity contribution < 1.29 is 19.4 Å². The second kappa shape index (κ2) is 4.99. The van der Waals surface area contributed by atoms with E-state index < -0.39 is 5.60 Å². The fraction of sp³-hybridized carbons (Fsp3) is 0.417. The number of aliphatic hydroxyl groups is 1. The second-order valence-electron chi connectivity index (χ2n) is 4.12. The molecule has 4 heteroatoms. The summed E-state index contributed by atoms with van der Waals surface area (Å²) in [6.45, 7) is 3.40. The van der Waals surface area contributed by atoms with Gasteiger partial charge in [0.1, 0.15) is 18.1 Å². The van der Waals surface area contributed by atoms with Crippen molar-refractivity contribution in [1.29, 1.82) is 0 Å². The van der Waals surface area contributed by atoms with E-state index >= 15 is 0 Å². The molecule has 0 radical (unpaired) electrons. The minimum atomic E-state index is -0.930. The monoisotopic (exact) mass is 224 g/mol. The zero-order chi connectivity index (χ0) is 12.2. The van der Waals surface area contributed by atoms with Crippen LogP contribution in [-0.2, 0) is 0 Å². The number of benzene rings is 1. The molecule has 0 aliphatic carbocycles. The first-order chi connectivity index (χ1) is 7.46. The van der Waals surface area contributed by atoms with Crippen molar-refractivity contribution >= 4 is 6.29 Å². The molecule has 0 heterocycles. The van der Waals surface area contributed by atoms with E-state index in [1.54, 1.807) is 32.0 Å². The third-order valence-corrected chi connectivity index (χ3v) is 1.92. The molecule has 4 nitrogen and oxygen atoms in total. The van der Waals surface area contributed by atoms with Crippen LogP contribution in [0.4, 0.5) is 0 Å². The standard InChI is InChI=1S/C12H16O4/c1-12(2,14)8-16-11-5-4-10(15-3)6-9(11)7-13/h4-7,14H,8H2,1-3H3. The quantitative estimate of drug-likeness (QED) is 0.773. The fourth-order valence-electron chi connectivity index (χ4n) is 1.13. The van der Waals surface area contributed by atoms with Crippen LogP contribution in [0.3, 0.4) is 0 Å². The first kappa shape index (κ1) is 12.5. The molecule has 16 heavy (non-hydrogen) atoms. The van der Waals surface area contributed by atoms with Crippen LogP contribution >= 0.6 is 0 Å². The highest BCUT2D eigenvalue weighted by atomic mass is 16.5. The summed E-state index contributed by atoms with van der Waals surface area (Å²) in [6.07, 6.45) is 0.697. The first-order valence-electron chi connectivity index (χ1n) is 4.94. The molecule has 1 aromatic rings. The van der Waals surface area contributed by atoms with Gasteiger partial charge in [0.15, 0.2) is 6.29 Å². The summed E-state index contributed by atoms with van der Waals surface area (Å²) in [5.74, 6) is 1.04. The largest absolute Gasteiger partial charge is 0.497 e. The van der Waals surface area contributed by atoms with Crippen molar-refractivity contribution in [2.24, 2.45) is 0 Å². The summed E-state index contributed by atoms with van der Waals surface area (Å²) in [5.41, 5.74) is -0.524. The van der Waals surface area contributed by atoms with Gasteiger partial charge in [-0.2, -0.15) is 0 Å². The smallest absolute Gasteiger partial charge is 0.153 e. The highest BCUT2D eigenvalue weighted by Crippen LogP contribution is 2.23. The van der Waals surface area contributed by atoms with Crippen LogP contribution in [0.15, 0.2) is 18.2 Å². The molecule has 0 amide bonds. The van der Waals surface area contributed by atoms with Crippen molar-refractivity contribution in [2.75, 3.05) is 13.7 Å². The minimum absolute atomic E-state index is 0.125. The summed E-state index contributed by atoms with van der Waals surface area (Å²) in [6, 6.07) is 4.94. The van der Waals surface area contributed by atoms with Gasteiger partial charge in [0, 0.05) is 0 Å². The van der Waals surface area contributed by atoms with Gasteiger partial charge < -0.3 is 14.6 Å². The average Bonchev–Trinajstić information content (AvgIpc) is 2.25. The lowest BCUT2D eigenvalue weighted by Gasteiger charge is -2.18. The number of carbonyl (C=O) groups is 1. The summed E-state index contributed by atoms with van der Waals surface area (Å²) >= 11 is 0. The lowest BCUT2D eigenvalue weighted by atomic mass is 10.1. The predicted octanol–water partition coefficient (Wildman–Crippen LogP) is 1.66. The molecule has 0 unspecified atom stereocenters. The first-order valence-corrected chi connectivity index (χ1v) is 4.94. The number of hydrogen-bond donors (Lipinski definition) is 1. The topological polar surface area (TPSA) is 55.8 Å². The van der Waals surface area contributed by atoms with Gasteiger partial charge in [0.25, 0.3) is 0 Å². The zero-order valence-electron chi connectivity index (χ0n) is 9.69. The lowest BCUT2D eigenvalue weighted by molar-refractivity contribution is 0.0282. The Balaban J connectivity index is 2.84. The van der Waals surface area contributed by atoms with Crippen LogP contribution < -0.4 is 9.47 Å². The van der Waals surface area contributed by atoms with E-state index in [0.29, 0.717) is 23.3 Å². The van der Waals surface area contributed by atoms with Crippen LogP contribution in [-0.4, -0.2) is 30.7 Å². The molecule has 0 fully saturated rings. The van der Waals surface area contributed by atoms with Gasteiger partial charge in [-0.3, -0.25) is 4.79 Å². The Bertz CT molecular complexity index is 366. The maximum atomic E-state index is 10.8. The predicted molar refractivity (Wildman–Crippen MR) is 60.2 cm³/mol. The second-order valence-corrected chi connectivity index (χ2v) is 4.12. The molecule has 1 aromatic carbocycles. The Kier molecular flexibility index (Phi) is 3.90. The molecular formula is C12H16O4. The van der Waals surface area contributed by atoms with Crippen LogP contribution in [0.25, 0.3) is 0 Å². The van der Waals surface area contributed by atoms with Crippen LogP contribution in [0, 0.1) is 0 Å². The Hall–Kier alpha value is -1.55. The van der Waals surface area contributed by atoms with Crippen molar-refractivity contribution in [2.45, 2.75) is 19.4 Å². The summed E-state index contributed by atoms with van der Waals surface area (Å²) < 4.78 is 10.3. The number of aldehydes is 1. The Morgan fingerprint density at radius 1 is 1.44 bits per heavy atom. The molecule has 0 spiro atoms. The normalized spacial score (nSPS) is 11.0. The van der Waals surface area contributed by atoms with Crippen LogP contribution in [0.1, 0.15) is 24.2 Å². The van der Waals surface area contributed by atoms with Crippen molar-refractivity contribution in [3.05, 3.63) is 23.8 Å². The van der Waals surface area contributed by atoms with Gasteiger partial charge in [-0.25, -0.2) is 0 Å². The third kappa shape index (κ3) is 3.55. The number of carbonyl (C=O) groups excluding carboxylic acids is 1. The fourth-order valence-corrected chi connectivity index (χ4v) is 1.13. The van der Waals surface area contributed by atoms with E-state index in [1.807, 2.05) is 0 Å². The number of hydrogen-bond acceptors (Lipinski definition) is 4. The molecule has 0 saturated carbocycles. The zero-order valence-corrected chi connectivity index (χ0v) is 9.69. The maximum Gasteiger partial charge on any atom is 0.153 e. The van der Waals surface area contributed by atoms with E-state index in [0.717, 1.165) is 0 Å². The highest BCUT2D eigenvalue weighted by molar-refractivity contribution is 5.80. The molecule has 1 N–H and O–H groups in total. The lowest BCUT2D eigenvalue weighted by Crippen LogP contribution is -2.28. The minimum Gasteiger partial charge on any atom is -0.497 e. The summed E-state index contributed by atoms with van der Waals surface area (Å²) in [4.78, 5) is 10.8. The van der Waals surface area contributed by atoms with Gasteiger partial charge in [-0.1, -0.05) is 0 Å². The molecule has 88 valence electrons.